The minimum Gasteiger partial charge on any atom is -0.455 e. The third-order valence-corrected chi connectivity index (χ3v) is 6.74. The summed E-state index contributed by atoms with van der Waals surface area (Å²) in [5, 5.41) is 0. The Morgan fingerprint density at radius 1 is 1.40 bits per heavy atom. The Labute approximate surface area is 144 Å². The third-order valence-electron chi connectivity index (χ3n) is 6.74. The number of rotatable bonds is 2. The zero-order chi connectivity index (χ0) is 16.8. The average Bonchev–Trinajstić information content (AvgIpc) is 3.26. The summed E-state index contributed by atoms with van der Waals surface area (Å²) >= 11 is 0. The molecule has 4 aliphatic rings. The summed E-state index contributed by atoms with van der Waals surface area (Å²) in [6, 6.07) is 3.89. The number of hydrogen-bond donors (Lipinski definition) is 1. The van der Waals surface area contributed by atoms with Gasteiger partial charge in [0.25, 0.3) is 0 Å². The van der Waals surface area contributed by atoms with Crippen LogP contribution in [0.5, 0.6) is 0 Å². The Kier molecular flexibility index (Phi) is 2.41. The molecular formula is C19H19N3O3. The number of pyridine rings is 1. The summed E-state index contributed by atoms with van der Waals surface area (Å²) in [6.45, 7) is 2.14. The summed E-state index contributed by atoms with van der Waals surface area (Å²) in [7, 11) is 0. The van der Waals surface area contributed by atoms with Crippen LogP contribution in [0.3, 0.4) is 0 Å². The molecule has 5 heterocycles. The highest BCUT2D eigenvalue weighted by Gasteiger charge is 2.72. The van der Waals surface area contributed by atoms with Gasteiger partial charge in [-0.15, -0.1) is 0 Å². The van der Waals surface area contributed by atoms with E-state index in [0.29, 0.717) is 12.3 Å². The highest BCUT2D eigenvalue weighted by Crippen LogP contribution is 2.64. The SMILES string of the molecule is C[C@@H]1C=C2C(=O)O[C@@H]3CCC4CC1(Cc1nc5ncccc5[nH]1)O[C@]243. The highest BCUT2D eigenvalue weighted by atomic mass is 16.6. The van der Waals surface area contributed by atoms with Crippen molar-refractivity contribution in [3.8, 4) is 0 Å². The number of H-pyrrole nitrogens is 1. The molecule has 3 aliphatic heterocycles. The van der Waals surface area contributed by atoms with Crippen LogP contribution in [0.25, 0.3) is 11.2 Å². The van der Waals surface area contributed by atoms with E-state index >= 15 is 0 Å². The van der Waals surface area contributed by atoms with Gasteiger partial charge >= 0.3 is 5.97 Å². The quantitative estimate of drug-likeness (QED) is 0.851. The topological polar surface area (TPSA) is 77.1 Å². The molecular weight excluding hydrogens is 318 g/mol. The predicted molar refractivity (Wildman–Crippen MR) is 88.6 cm³/mol. The predicted octanol–water partition coefficient (Wildman–Crippen LogP) is 2.31. The minimum atomic E-state index is -0.506. The molecule has 1 aliphatic carbocycles. The molecule has 25 heavy (non-hydrogen) atoms. The average molecular weight is 337 g/mol. The maximum absolute atomic E-state index is 12.3. The van der Waals surface area contributed by atoms with Crippen LogP contribution in [0, 0.1) is 11.8 Å². The zero-order valence-corrected chi connectivity index (χ0v) is 14.0. The fourth-order valence-electron chi connectivity index (χ4n) is 5.60. The zero-order valence-electron chi connectivity index (χ0n) is 14.0. The van der Waals surface area contributed by atoms with Gasteiger partial charge in [0.2, 0.25) is 0 Å². The van der Waals surface area contributed by atoms with Crippen LogP contribution < -0.4 is 0 Å². The molecule has 2 aromatic rings. The van der Waals surface area contributed by atoms with Crippen LogP contribution in [-0.4, -0.2) is 38.2 Å². The van der Waals surface area contributed by atoms with E-state index in [1.807, 2.05) is 12.1 Å². The number of aromatic nitrogens is 3. The standard InChI is InChI=1S/C19H19N3O3/c1-10-7-12-17(23)24-14-5-4-11-8-18(10,25-19(11,12)14)9-15-21-13-3-2-6-20-16(13)22-15/h2-3,6-7,10-11,14H,4-5,8-9H2,1H3,(H,20,21,22)/t10-,11?,14-,18?,19+/m1/s1. The largest absolute Gasteiger partial charge is 0.455 e. The first-order valence-corrected chi connectivity index (χ1v) is 9.04. The molecule has 6 rings (SSSR count). The molecule has 5 atom stereocenters. The minimum absolute atomic E-state index is 0.108. The Bertz CT molecular complexity index is 917. The number of aromatic amines is 1. The normalized spacial score (nSPS) is 41.1. The molecule has 1 N–H and O–H groups in total. The molecule has 128 valence electrons. The Morgan fingerprint density at radius 2 is 2.32 bits per heavy atom. The van der Waals surface area contributed by atoms with Gasteiger partial charge in [-0.1, -0.05) is 13.0 Å². The molecule has 6 nitrogen and oxygen atoms in total. The summed E-state index contributed by atoms with van der Waals surface area (Å²) in [5.74, 6) is 1.23. The van der Waals surface area contributed by atoms with Gasteiger partial charge in [0.15, 0.2) is 5.65 Å². The van der Waals surface area contributed by atoms with Gasteiger partial charge < -0.3 is 14.5 Å². The van der Waals surface area contributed by atoms with Gasteiger partial charge in [0.05, 0.1) is 16.7 Å². The summed E-state index contributed by atoms with van der Waals surface area (Å²) in [4.78, 5) is 24.6. The molecule has 6 heteroatoms. The number of hydrogen-bond acceptors (Lipinski definition) is 5. The molecule has 0 amide bonds. The van der Waals surface area contributed by atoms with E-state index in [0.717, 1.165) is 41.8 Å². The molecule has 3 fully saturated rings. The fraction of sp³-hybridized carbons (Fsp3) is 0.526. The fourth-order valence-corrected chi connectivity index (χ4v) is 5.60. The molecule has 2 unspecified atom stereocenters. The van der Waals surface area contributed by atoms with Crippen molar-refractivity contribution in [2.24, 2.45) is 11.8 Å². The van der Waals surface area contributed by atoms with Gasteiger partial charge in [-0.05, 0) is 37.3 Å². The van der Waals surface area contributed by atoms with Crippen molar-refractivity contribution in [1.29, 1.82) is 0 Å². The van der Waals surface area contributed by atoms with Crippen molar-refractivity contribution >= 4 is 17.1 Å². The maximum Gasteiger partial charge on any atom is 0.337 e. The van der Waals surface area contributed by atoms with E-state index in [-0.39, 0.29) is 23.6 Å². The van der Waals surface area contributed by atoms with E-state index in [2.05, 4.69) is 28.0 Å². The summed E-state index contributed by atoms with van der Waals surface area (Å²) < 4.78 is 12.4. The summed E-state index contributed by atoms with van der Waals surface area (Å²) in [5.41, 5.74) is 1.62. The lowest BCUT2D eigenvalue weighted by Gasteiger charge is -2.40. The Balaban J connectivity index is 1.44. The van der Waals surface area contributed by atoms with E-state index in [9.17, 15) is 4.79 Å². The molecule has 2 saturated heterocycles. The monoisotopic (exact) mass is 337 g/mol. The van der Waals surface area contributed by atoms with Crippen molar-refractivity contribution < 1.29 is 14.3 Å². The third kappa shape index (κ3) is 1.57. The Hall–Kier alpha value is -2.21. The second-order valence-electron chi connectivity index (χ2n) is 7.94. The van der Waals surface area contributed by atoms with Crippen LogP contribution >= 0.6 is 0 Å². The van der Waals surface area contributed by atoms with Crippen LogP contribution in [0.15, 0.2) is 30.0 Å². The van der Waals surface area contributed by atoms with Crippen LogP contribution in [0.4, 0.5) is 0 Å². The van der Waals surface area contributed by atoms with Gasteiger partial charge in [-0.25, -0.2) is 14.8 Å². The number of carbonyl (C=O) groups excluding carboxylic acids is 1. The lowest BCUT2D eigenvalue weighted by atomic mass is 9.81. The number of esters is 1. The summed E-state index contributed by atoms with van der Waals surface area (Å²) in [6.07, 6.45) is 7.38. The molecule has 0 aromatic carbocycles. The van der Waals surface area contributed by atoms with Crippen molar-refractivity contribution in [3.05, 3.63) is 35.8 Å². The lowest BCUT2D eigenvalue weighted by Crippen LogP contribution is -2.49. The van der Waals surface area contributed by atoms with Crippen molar-refractivity contribution in [2.75, 3.05) is 0 Å². The first-order valence-electron chi connectivity index (χ1n) is 9.04. The molecule has 2 aromatic heterocycles. The molecule has 2 bridgehead atoms. The van der Waals surface area contributed by atoms with E-state index in [1.165, 1.54) is 0 Å². The van der Waals surface area contributed by atoms with E-state index < -0.39 is 5.60 Å². The highest BCUT2D eigenvalue weighted by molar-refractivity contribution is 5.94. The number of nitrogens with one attached hydrogen (secondary N) is 1. The number of carbonyl (C=O) groups is 1. The number of ether oxygens (including phenoxy) is 2. The molecule has 1 saturated carbocycles. The van der Waals surface area contributed by atoms with Crippen LogP contribution in [0.1, 0.15) is 32.0 Å². The van der Waals surface area contributed by atoms with Crippen molar-refractivity contribution in [1.82, 2.24) is 15.0 Å². The number of nitrogens with zero attached hydrogens (tertiary/aromatic N) is 2. The Morgan fingerprint density at radius 3 is 3.20 bits per heavy atom. The smallest absolute Gasteiger partial charge is 0.337 e. The second kappa shape index (κ2) is 4.30. The van der Waals surface area contributed by atoms with E-state index in [4.69, 9.17) is 9.47 Å². The maximum atomic E-state index is 12.3. The lowest BCUT2D eigenvalue weighted by molar-refractivity contribution is -0.149. The van der Waals surface area contributed by atoms with Crippen LogP contribution in [0.2, 0.25) is 0 Å². The van der Waals surface area contributed by atoms with Crippen molar-refractivity contribution in [2.45, 2.75) is 49.9 Å². The van der Waals surface area contributed by atoms with Crippen LogP contribution in [-0.2, 0) is 20.7 Å². The van der Waals surface area contributed by atoms with Gasteiger partial charge in [0, 0.05) is 18.5 Å². The van der Waals surface area contributed by atoms with Gasteiger partial charge in [-0.2, -0.15) is 0 Å². The molecule has 0 radical (unpaired) electrons. The van der Waals surface area contributed by atoms with E-state index in [1.54, 1.807) is 6.20 Å². The molecule has 1 spiro atoms. The first kappa shape index (κ1) is 14.0. The number of imidazole rings is 1. The number of fused-ring (bicyclic) bond motifs is 2. The second-order valence-corrected chi connectivity index (χ2v) is 7.94. The van der Waals surface area contributed by atoms with Gasteiger partial charge in [-0.3, -0.25) is 0 Å². The van der Waals surface area contributed by atoms with Gasteiger partial charge in [0.1, 0.15) is 17.5 Å². The first-order chi connectivity index (χ1) is 12.1. The van der Waals surface area contributed by atoms with Crippen molar-refractivity contribution in [3.63, 3.8) is 0 Å².